The Bertz CT molecular complexity index is 570. The summed E-state index contributed by atoms with van der Waals surface area (Å²) < 4.78 is 1.06. The van der Waals surface area contributed by atoms with Crippen molar-refractivity contribution in [2.45, 2.75) is 16.7 Å². The summed E-state index contributed by atoms with van der Waals surface area (Å²) in [6.45, 7) is 2.03. The van der Waals surface area contributed by atoms with Gasteiger partial charge in [-0.3, -0.25) is 0 Å². The van der Waals surface area contributed by atoms with Crippen LogP contribution in [0.1, 0.15) is 11.1 Å². The van der Waals surface area contributed by atoms with E-state index in [9.17, 15) is 0 Å². The van der Waals surface area contributed by atoms with Crippen molar-refractivity contribution >= 4 is 27.7 Å². The number of hydrogen-bond donors (Lipinski definition) is 0. The van der Waals surface area contributed by atoms with Crippen LogP contribution in [0.15, 0.2) is 56.7 Å². The maximum absolute atomic E-state index is 9.09. The molecule has 0 aromatic heterocycles. The molecule has 0 N–H and O–H groups in total. The number of benzene rings is 2. The van der Waals surface area contributed by atoms with E-state index in [2.05, 4.69) is 22.0 Å². The lowest BCUT2D eigenvalue weighted by Crippen LogP contribution is -1.85. The Balaban J connectivity index is 2.36. The van der Waals surface area contributed by atoms with Gasteiger partial charge in [-0.05, 0) is 42.8 Å². The molecule has 0 radical (unpaired) electrons. The van der Waals surface area contributed by atoms with Crippen LogP contribution in [0.5, 0.6) is 0 Å². The molecule has 2 rings (SSSR count). The maximum Gasteiger partial charge on any atom is 0.100 e. The fourth-order valence-electron chi connectivity index (χ4n) is 1.50. The molecule has 0 aliphatic carbocycles. The third-order valence-electron chi connectivity index (χ3n) is 2.37. The first kappa shape index (κ1) is 12.2. The van der Waals surface area contributed by atoms with Crippen LogP contribution in [-0.2, 0) is 0 Å². The molecule has 0 unspecified atom stereocenters. The molecule has 0 fully saturated rings. The van der Waals surface area contributed by atoms with E-state index in [4.69, 9.17) is 5.26 Å². The van der Waals surface area contributed by atoms with E-state index >= 15 is 0 Å². The van der Waals surface area contributed by atoms with E-state index in [0.29, 0.717) is 0 Å². The summed E-state index contributed by atoms with van der Waals surface area (Å²) in [5.41, 5.74) is 1.87. The average molecular weight is 304 g/mol. The predicted octanol–water partition coefficient (Wildman–Crippen LogP) is 4.78. The SMILES string of the molecule is Cc1cccc(C#N)c1Sc1ccc(Br)cc1. The van der Waals surface area contributed by atoms with Crippen LogP contribution in [0.25, 0.3) is 0 Å². The smallest absolute Gasteiger partial charge is 0.100 e. The van der Waals surface area contributed by atoms with Crippen LogP contribution in [0, 0.1) is 18.3 Å². The Kier molecular flexibility index (Phi) is 3.88. The third-order valence-corrected chi connectivity index (χ3v) is 4.15. The molecule has 84 valence electrons. The first-order valence-corrected chi connectivity index (χ1v) is 6.75. The van der Waals surface area contributed by atoms with Crippen LogP contribution in [0.4, 0.5) is 0 Å². The van der Waals surface area contributed by atoms with Crippen LogP contribution >= 0.6 is 27.7 Å². The standard InChI is InChI=1S/C14H10BrNS/c1-10-3-2-4-11(9-16)14(10)17-13-7-5-12(15)6-8-13/h2-8H,1H3. The Morgan fingerprint density at radius 2 is 1.82 bits per heavy atom. The molecule has 0 aliphatic rings. The molecule has 0 saturated heterocycles. The van der Waals surface area contributed by atoms with E-state index < -0.39 is 0 Å². The molecule has 0 heterocycles. The maximum atomic E-state index is 9.09. The van der Waals surface area contributed by atoms with Crippen molar-refractivity contribution in [3.8, 4) is 6.07 Å². The molecule has 0 aliphatic heterocycles. The molecule has 1 nitrogen and oxygen atoms in total. The van der Waals surface area contributed by atoms with Gasteiger partial charge in [0.15, 0.2) is 0 Å². The highest BCUT2D eigenvalue weighted by atomic mass is 79.9. The summed E-state index contributed by atoms with van der Waals surface area (Å²) in [7, 11) is 0. The highest BCUT2D eigenvalue weighted by molar-refractivity contribution is 9.10. The van der Waals surface area contributed by atoms with E-state index in [-0.39, 0.29) is 0 Å². The minimum atomic E-state index is 0.734. The second-order valence-electron chi connectivity index (χ2n) is 3.62. The predicted molar refractivity (Wildman–Crippen MR) is 74.2 cm³/mol. The molecule has 2 aromatic carbocycles. The van der Waals surface area contributed by atoms with Gasteiger partial charge in [0.1, 0.15) is 6.07 Å². The molecule has 2 aromatic rings. The summed E-state index contributed by atoms with van der Waals surface area (Å²) >= 11 is 5.04. The first-order valence-electron chi connectivity index (χ1n) is 5.14. The molecule has 0 bridgehead atoms. The van der Waals surface area contributed by atoms with Gasteiger partial charge in [-0.1, -0.05) is 39.8 Å². The Morgan fingerprint density at radius 3 is 2.47 bits per heavy atom. The lowest BCUT2D eigenvalue weighted by Gasteiger charge is -2.07. The number of hydrogen-bond acceptors (Lipinski definition) is 2. The Hall–Kier alpha value is -1.24. The van der Waals surface area contributed by atoms with Gasteiger partial charge >= 0.3 is 0 Å². The van der Waals surface area contributed by atoms with Crippen LogP contribution in [0.2, 0.25) is 0 Å². The quantitative estimate of drug-likeness (QED) is 0.797. The van der Waals surface area contributed by atoms with Gasteiger partial charge in [-0.25, -0.2) is 0 Å². The number of rotatable bonds is 2. The topological polar surface area (TPSA) is 23.8 Å². The number of nitriles is 1. The third kappa shape index (κ3) is 2.91. The van der Waals surface area contributed by atoms with Crippen LogP contribution in [0.3, 0.4) is 0 Å². The lowest BCUT2D eigenvalue weighted by atomic mass is 10.1. The van der Waals surface area contributed by atoms with Gasteiger partial charge in [-0.15, -0.1) is 0 Å². The summed E-state index contributed by atoms with van der Waals surface area (Å²) in [5.74, 6) is 0. The minimum absolute atomic E-state index is 0.734. The van der Waals surface area contributed by atoms with E-state index in [0.717, 1.165) is 25.4 Å². The second-order valence-corrected chi connectivity index (χ2v) is 5.62. The summed E-state index contributed by atoms with van der Waals surface area (Å²) in [6, 6.07) is 16.1. The number of nitrogens with zero attached hydrogens (tertiary/aromatic N) is 1. The fraction of sp³-hybridized carbons (Fsp3) is 0.0714. The van der Waals surface area contributed by atoms with Crippen molar-refractivity contribution in [2.75, 3.05) is 0 Å². The monoisotopic (exact) mass is 303 g/mol. The first-order chi connectivity index (χ1) is 8.20. The van der Waals surface area contributed by atoms with Crippen molar-refractivity contribution < 1.29 is 0 Å². The zero-order valence-corrected chi connectivity index (χ0v) is 11.7. The summed E-state index contributed by atoms with van der Waals surface area (Å²) in [5, 5.41) is 9.09. The van der Waals surface area contributed by atoms with Gasteiger partial charge in [-0.2, -0.15) is 5.26 Å². The molecule has 0 saturated carbocycles. The lowest BCUT2D eigenvalue weighted by molar-refractivity contribution is 1.25. The summed E-state index contributed by atoms with van der Waals surface area (Å²) in [6.07, 6.45) is 0. The minimum Gasteiger partial charge on any atom is -0.192 e. The summed E-state index contributed by atoms with van der Waals surface area (Å²) in [4.78, 5) is 2.18. The zero-order chi connectivity index (χ0) is 12.3. The molecule has 17 heavy (non-hydrogen) atoms. The largest absolute Gasteiger partial charge is 0.192 e. The molecule has 0 atom stereocenters. The van der Waals surface area contributed by atoms with Gasteiger partial charge in [0, 0.05) is 14.3 Å². The average Bonchev–Trinajstić information content (AvgIpc) is 2.34. The van der Waals surface area contributed by atoms with Crippen molar-refractivity contribution in [1.82, 2.24) is 0 Å². The van der Waals surface area contributed by atoms with Gasteiger partial charge in [0.2, 0.25) is 0 Å². The Labute approximate surface area is 114 Å². The highest BCUT2D eigenvalue weighted by Crippen LogP contribution is 2.33. The van der Waals surface area contributed by atoms with Crippen LogP contribution < -0.4 is 0 Å². The van der Waals surface area contributed by atoms with E-state index in [1.807, 2.05) is 49.4 Å². The van der Waals surface area contributed by atoms with Crippen molar-refractivity contribution in [3.63, 3.8) is 0 Å². The van der Waals surface area contributed by atoms with E-state index in [1.165, 1.54) is 0 Å². The van der Waals surface area contributed by atoms with Crippen molar-refractivity contribution in [1.29, 1.82) is 5.26 Å². The second kappa shape index (κ2) is 5.39. The fourth-order valence-corrected chi connectivity index (χ4v) is 2.72. The van der Waals surface area contributed by atoms with Gasteiger partial charge < -0.3 is 0 Å². The van der Waals surface area contributed by atoms with Gasteiger partial charge in [0.05, 0.1) is 5.56 Å². The van der Waals surface area contributed by atoms with Crippen molar-refractivity contribution in [2.24, 2.45) is 0 Å². The normalized spacial score (nSPS) is 9.94. The molecular formula is C14H10BrNS. The highest BCUT2D eigenvalue weighted by Gasteiger charge is 2.06. The van der Waals surface area contributed by atoms with Crippen molar-refractivity contribution in [3.05, 3.63) is 58.1 Å². The number of aryl methyl sites for hydroxylation is 1. The molecule has 0 amide bonds. The number of halogens is 1. The van der Waals surface area contributed by atoms with Crippen LogP contribution in [-0.4, -0.2) is 0 Å². The molecular weight excluding hydrogens is 294 g/mol. The molecule has 3 heteroatoms. The van der Waals surface area contributed by atoms with Gasteiger partial charge in [0.25, 0.3) is 0 Å². The zero-order valence-electron chi connectivity index (χ0n) is 9.27. The molecule has 0 spiro atoms. The van der Waals surface area contributed by atoms with E-state index in [1.54, 1.807) is 11.8 Å². The Morgan fingerprint density at radius 1 is 1.12 bits per heavy atom.